The molecule has 0 unspecified atom stereocenters. The van der Waals surface area contributed by atoms with Crippen LogP contribution < -0.4 is 18.8 Å². The van der Waals surface area contributed by atoms with Crippen LogP contribution in [0.15, 0.2) is 60.7 Å². The molecular weight excluding hydrogens is 282 g/mol. The van der Waals surface area contributed by atoms with Gasteiger partial charge in [-0.1, -0.05) is 8.25 Å². The van der Waals surface area contributed by atoms with Crippen molar-refractivity contribution in [2.24, 2.45) is 0 Å². The minimum absolute atomic E-state index is 1.31. The first-order chi connectivity index (χ1) is 8.18. The molecule has 0 fully saturated rings. The van der Waals surface area contributed by atoms with Gasteiger partial charge in [0.2, 0.25) is 0 Å². The van der Waals surface area contributed by atoms with Crippen LogP contribution >= 0.6 is 8.25 Å². The molecule has 17 heavy (non-hydrogen) atoms. The van der Waals surface area contributed by atoms with E-state index in [1.165, 1.54) is 23.7 Å². The number of benzene rings is 2. The van der Waals surface area contributed by atoms with Crippen LogP contribution in [0.4, 0.5) is 0 Å². The zero-order valence-electron chi connectivity index (χ0n) is 8.83. The van der Waals surface area contributed by atoms with Crippen LogP contribution in [0.2, 0.25) is 0 Å². The van der Waals surface area contributed by atoms with E-state index in [-0.39, 0.29) is 0 Å². The van der Waals surface area contributed by atoms with E-state index < -0.39 is 8.25 Å². The van der Waals surface area contributed by atoms with Crippen LogP contribution in [0, 0.1) is 0 Å². The number of rotatable bonds is 2. The van der Waals surface area contributed by atoms with E-state index in [4.69, 9.17) is 14.4 Å². The molecule has 0 amide bonds. The Morgan fingerprint density at radius 2 is 1.06 bits per heavy atom. The Kier molecular flexibility index (Phi) is 6.85. The van der Waals surface area contributed by atoms with Gasteiger partial charge in [0.25, 0.3) is 0 Å². The molecule has 0 aliphatic heterocycles. The van der Waals surface area contributed by atoms with E-state index in [0.29, 0.717) is 0 Å². The fraction of sp³-hybridized carbons (Fsp3) is 0. The van der Waals surface area contributed by atoms with E-state index in [2.05, 4.69) is 48.5 Å². The average molecular weight is 293 g/mol. The second kappa shape index (κ2) is 8.23. The van der Waals surface area contributed by atoms with Crippen LogP contribution in [-0.2, 0) is 19.3 Å². The summed E-state index contributed by atoms with van der Waals surface area (Å²) in [5.74, 6) is 0. The van der Waals surface area contributed by atoms with Gasteiger partial charge in [0, 0.05) is 0 Å². The van der Waals surface area contributed by atoms with Crippen molar-refractivity contribution < 1.29 is 29.0 Å². The summed E-state index contributed by atoms with van der Waals surface area (Å²) in [5, 5.41) is 0. The van der Waals surface area contributed by atoms with Crippen molar-refractivity contribution in [3.8, 4) is 0 Å². The summed E-state index contributed by atoms with van der Waals surface area (Å²) < 4.78 is 11.2. The van der Waals surface area contributed by atoms with E-state index in [0.717, 1.165) is 0 Å². The Morgan fingerprint density at radius 1 is 0.765 bits per heavy atom. The van der Waals surface area contributed by atoms with E-state index >= 15 is 0 Å². The molecule has 0 radical (unpaired) electrons. The predicted molar refractivity (Wildman–Crippen MR) is 61.2 cm³/mol. The van der Waals surface area contributed by atoms with Crippen LogP contribution in [0.5, 0.6) is 0 Å². The van der Waals surface area contributed by atoms with Crippen molar-refractivity contribution in [1.29, 1.82) is 0 Å². The molecule has 3 nitrogen and oxygen atoms in total. The van der Waals surface area contributed by atoms with Crippen LogP contribution in [0.3, 0.4) is 0 Å². The van der Waals surface area contributed by atoms with Crippen LogP contribution in [0.1, 0.15) is 0 Å². The van der Waals surface area contributed by atoms with Crippen molar-refractivity contribution in [3.05, 3.63) is 60.7 Å². The van der Waals surface area contributed by atoms with Gasteiger partial charge in [0.15, 0.2) is 0 Å². The predicted octanol–water partition coefficient (Wildman–Crippen LogP) is -0.183. The van der Waals surface area contributed by atoms with Gasteiger partial charge in [-0.3, -0.25) is 0 Å². The fourth-order valence-electron chi connectivity index (χ4n) is 1.03. The number of hydrogen-bond donors (Lipinski definition) is 0. The van der Waals surface area contributed by atoms with E-state index in [1.54, 1.807) is 0 Å². The molecule has 5 heteroatoms. The molecule has 0 atom stereocenters. The first-order valence-corrected chi connectivity index (χ1v) is 7.03. The third-order valence-electron chi connectivity index (χ3n) is 1.63. The topological polar surface area (TPSA) is 63.2 Å². The van der Waals surface area contributed by atoms with E-state index in [1.807, 2.05) is 12.1 Å². The van der Waals surface area contributed by atoms with Gasteiger partial charge in [-0.05, 0) is 0 Å². The molecule has 0 saturated heterocycles. The second-order valence-electron chi connectivity index (χ2n) is 2.87. The monoisotopic (exact) mass is 293 g/mol. The maximum atomic E-state index is 8.52. The molecule has 0 spiro atoms. The zero-order chi connectivity index (χ0) is 12.5. The van der Waals surface area contributed by atoms with Gasteiger partial charge in [0.05, 0.1) is 0 Å². The standard InChI is InChI=1S/2C6H5.Co.H3O3P/c2*1-2-4-6-5-3-1;;1-4(2)3/h2*1-5H;;4H,(H2,1,2,3)/q;;+2;/p-2. The molecule has 0 saturated carbocycles. The molecule has 0 heterocycles. The first kappa shape index (κ1) is 14.2. The average Bonchev–Trinajstić information content (AvgIpc) is 2.31. The van der Waals surface area contributed by atoms with Gasteiger partial charge in [-0.25, -0.2) is 0 Å². The molecular formula is C12H11CoO3P. The fourth-order valence-corrected chi connectivity index (χ4v) is 2.13. The normalized spacial score (nSPS) is 9.59. The van der Waals surface area contributed by atoms with Gasteiger partial charge in [-0.2, -0.15) is 0 Å². The molecule has 2 rings (SSSR count). The van der Waals surface area contributed by atoms with Gasteiger partial charge in [-0.15, -0.1) is 0 Å². The Labute approximate surface area is 107 Å². The zero-order valence-corrected chi connectivity index (χ0v) is 10.9. The molecule has 2 aromatic rings. The van der Waals surface area contributed by atoms with Crippen molar-refractivity contribution in [2.75, 3.05) is 0 Å². The third kappa shape index (κ3) is 7.10. The SMILES string of the molecule is O=[PH]([O-])[O-].c1cc[c]([Co+2][c]2ccccc2)cc1. The summed E-state index contributed by atoms with van der Waals surface area (Å²) in [4.78, 5) is 17.0. The molecule has 0 N–H and O–H groups in total. The molecule has 2 aromatic carbocycles. The third-order valence-corrected chi connectivity index (χ3v) is 2.92. The van der Waals surface area contributed by atoms with Crippen molar-refractivity contribution in [3.63, 3.8) is 0 Å². The molecule has 0 aliphatic carbocycles. The molecule has 91 valence electrons. The summed E-state index contributed by atoms with van der Waals surface area (Å²) >= 11 is 1.31. The summed E-state index contributed by atoms with van der Waals surface area (Å²) in [6, 6.07) is 21.0. The summed E-state index contributed by atoms with van der Waals surface area (Å²) in [7, 11) is -3.63. The quantitative estimate of drug-likeness (QED) is 0.721. The maximum absolute atomic E-state index is 8.52. The van der Waals surface area contributed by atoms with Gasteiger partial charge in [0.1, 0.15) is 0 Å². The number of hydrogen-bond acceptors (Lipinski definition) is 3. The van der Waals surface area contributed by atoms with Gasteiger partial charge >= 0.3 is 84.4 Å². The minimum atomic E-state index is -3.63. The van der Waals surface area contributed by atoms with Crippen LogP contribution in [-0.4, -0.2) is 0 Å². The van der Waals surface area contributed by atoms with Crippen molar-refractivity contribution in [2.45, 2.75) is 0 Å². The summed E-state index contributed by atoms with van der Waals surface area (Å²) in [6.45, 7) is 0. The van der Waals surface area contributed by atoms with E-state index in [9.17, 15) is 0 Å². The Bertz CT molecular complexity index is 406. The Morgan fingerprint density at radius 3 is 1.35 bits per heavy atom. The van der Waals surface area contributed by atoms with Crippen LogP contribution in [0.25, 0.3) is 0 Å². The first-order valence-electron chi connectivity index (χ1n) is 4.77. The van der Waals surface area contributed by atoms with Crippen molar-refractivity contribution in [1.82, 2.24) is 0 Å². The summed E-state index contributed by atoms with van der Waals surface area (Å²) in [6.07, 6.45) is 0. The molecule has 0 aromatic heterocycles. The Hall–Kier alpha value is -0.904. The molecule has 0 bridgehead atoms. The van der Waals surface area contributed by atoms with Gasteiger partial charge < -0.3 is 14.4 Å². The van der Waals surface area contributed by atoms with Crippen molar-refractivity contribution >= 4 is 17.3 Å². The second-order valence-corrected chi connectivity index (χ2v) is 4.84. The summed E-state index contributed by atoms with van der Waals surface area (Å²) in [5.41, 5.74) is 0. The molecule has 0 aliphatic rings. The Balaban J connectivity index is 0.000000317.